The fourth-order valence-corrected chi connectivity index (χ4v) is 4.59. The van der Waals surface area contributed by atoms with Crippen molar-refractivity contribution in [2.24, 2.45) is 16.7 Å². The molecule has 1 saturated carbocycles. The second-order valence-corrected chi connectivity index (χ2v) is 11.6. The molecule has 0 aliphatic heterocycles. The van der Waals surface area contributed by atoms with Gasteiger partial charge in [-0.2, -0.15) is 0 Å². The Kier molecular flexibility index (Phi) is 8.04. The van der Waals surface area contributed by atoms with Crippen molar-refractivity contribution in [3.63, 3.8) is 0 Å². The molecule has 1 aliphatic rings. The van der Waals surface area contributed by atoms with E-state index < -0.39 is 5.60 Å². The van der Waals surface area contributed by atoms with Gasteiger partial charge in [-0.3, -0.25) is 0 Å². The van der Waals surface area contributed by atoms with Crippen LogP contribution in [0.25, 0.3) is 0 Å². The Morgan fingerprint density at radius 1 is 1.00 bits per heavy atom. The first kappa shape index (κ1) is 24.8. The molecule has 3 nitrogen and oxygen atoms in total. The molecule has 0 heterocycles. The molecule has 0 radical (unpaired) electrons. The highest BCUT2D eigenvalue weighted by atomic mass is 16.6. The fourth-order valence-electron chi connectivity index (χ4n) is 4.59. The number of ether oxygens (including phenoxy) is 2. The quantitative estimate of drug-likeness (QED) is 0.390. The van der Waals surface area contributed by atoms with Gasteiger partial charge in [0, 0.05) is 0 Å². The fraction of sp³-hybridized carbons (Fsp3) is 0.741. The van der Waals surface area contributed by atoms with E-state index in [-0.39, 0.29) is 18.0 Å². The van der Waals surface area contributed by atoms with Crippen LogP contribution >= 0.6 is 0 Å². The zero-order chi connectivity index (χ0) is 22.6. The largest absolute Gasteiger partial charge is 0.482 e. The Hall–Kier alpha value is -1.51. The average Bonchev–Trinajstić information content (AvgIpc) is 3.20. The van der Waals surface area contributed by atoms with E-state index in [9.17, 15) is 4.79 Å². The van der Waals surface area contributed by atoms with Gasteiger partial charge in [0.15, 0.2) is 6.61 Å². The van der Waals surface area contributed by atoms with E-state index in [1.165, 1.54) is 24.8 Å². The van der Waals surface area contributed by atoms with Crippen molar-refractivity contribution in [3.05, 3.63) is 29.8 Å². The lowest BCUT2D eigenvalue weighted by Crippen LogP contribution is -2.37. The predicted molar refractivity (Wildman–Crippen MR) is 125 cm³/mol. The summed E-state index contributed by atoms with van der Waals surface area (Å²) in [6, 6.07) is 8.29. The summed E-state index contributed by atoms with van der Waals surface area (Å²) in [5.41, 5.74) is 1.42. The van der Waals surface area contributed by atoms with Crippen LogP contribution in [0, 0.1) is 16.7 Å². The van der Waals surface area contributed by atoms with E-state index in [1.54, 1.807) is 0 Å². The topological polar surface area (TPSA) is 35.5 Å². The summed E-state index contributed by atoms with van der Waals surface area (Å²) in [6.07, 6.45) is 7.08. The molecule has 1 unspecified atom stereocenters. The third-order valence-electron chi connectivity index (χ3n) is 7.11. The number of rotatable bonds is 9. The van der Waals surface area contributed by atoms with Crippen molar-refractivity contribution < 1.29 is 14.3 Å². The molecule has 0 bridgehead atoms. The molecule has 1 atom stereocenters. The maximum atomic E-state index is 12.3. The highest BCUT2D eigenvalue weighted by Crippen LogP contribution is 2.44. The van der Waals surface area contributed by atoms with Gasteiger partial charge in [0.25, 0.3) is 0 Å². The summed E-state index contributed by atoms with van der Waals surface area (Å²) in [5, 5.41) is 0. The molecule has 0 amide bonds. The minimum atomic E-state index is -0.410. The molecule has 0 saturated heterocycles. The number of carbonyl (C=O) groups is 1. The van der Waals surface area contributed by atoms with Gasteiger partial charge in [-0.25, -0.2) is 4.79 Å². The van der Waals surface area contributed by atoms with Crippen molar-refractivity contribution in [2.75, 3.05) is 6.61 Å². The van der Waals surface area contributed by atoms with E-state index in [1.807, 2.05) is 26.0 Å². The molecule has 30 heavy (non-hydrogen) atoms. The Morgan fingerprint density at radius 3 is 2.07 bits per heavy atom. The first-order chi connectivity index (χ1) is 13.8. The molecule has 170 valence electrons. The third kappa shape index (κ3) is 7.03. The first-order valence-corrected chi connectivity index (χ1v) is 11.8. The molecule has 1 aromatic carbocycles. The van der Waals surface area contributed by atoms with Crippen molar-refractivity contribution >= 4 is 5.97 Å². The molecular formula is C27H44O3. The smallest absolute Gasteiger partial charge is 0.344 e. The van der Waals surface area contributed by atoms with Gasteiger partial charge in [0.1, 0.15) is 11.4 Å². The molecular weight excluding hydrogens is 372 g/mol. The van der Waals surface area contributed by atoms with Gasteiger partial charge in [-0.05, 0) is 73.5 Å². The zero-order valence-corrected chi connectivity index (χ0v) is 20.6. The minimum Gasteiger partial charge on any atom is -0.482 e. The van der Waals surface area contributed by atoms with Gasteiger partial charge in [-0.15, -0.1) is 0 Å². The number of carbonyl (C=O) groups excluding carboxylic acids is 1. The molecule has 3 heteroatoms. The Bertz CT molecular complexity index is 673. The number of hydrogen-bond acceptors (Lipinski definition) is 3. The van der Waals surface area contributed by atoms with Crippen LogP contribution in [0.1, 0.15) is 105 Å². The van der Waals surface area contributed by atoms with Crippen LogP contribution < -0.4 is 4.74 Å². The summed E-state index contributed by atoms with van der Waals surface area (Å²) in [6.45, 7) is 17.9. The standard InChI is InChI=1S/C27H44O3/c1-9-26(5,6)18-23(25(2,3)4)20-14-16-22(17-15-20)29-19-24(28)30-27(7,8)21-12-10-11-13-21/h14-17,21,23H,9-13,18-19H2,1-8H3. The Labute approximate surface area is 184 Å². The molecule has 0 spiro atoms. The lowest BCUT2D eigenvalue weighted by Gasteiger charge is -2.37. The summed E-state index contributed by atoms with van der Waals surface area (Å²) >= 11 is 0. The van der Waals surface area contributed by atoms with Crippen molar-refractivity contribution in [2.45, 2.75) is 105 Å². The summed E-state index contributed by atoms with van der Waals surface area (Å²) < 4.78 is 11.5. The molecule has 2 rings (SSSR count). The highest BCUT2D eigenvalue weighted by Gasteiger charge is 2.35. The van der Waals surface area contributed by atoms with Crippen molar-refractivity contribution in [1.29, 1.82) is 0 Å². The third-order valence-corrected chi connectivity index (χ3v) is 7.11. The van der Waals surface area contributed by atoms with Gasteiger partial charge in [0.05, 0.1) is 0 Å². The first-order valence-electron chi connectivity index (χ1n) is 11.8. The van der Waals surface area contributed by atoms with E-state index in [2.05, 4.69) is 53.7 Å². The average molecular weight is 417 g/mol. The van der Waals surface area contributed by atoms with Gasteiger partial charge in [-0.1, -0.05) is 72.9 Å². The maximum Gasteiger partial charge on any atom is 0.344 e. The van der Waals surface area contributed by atoms with Crippen LogP contribution in [0.15, 0.2) is 24.3 Å². The van der Waals surface area contributed by atoms with E-state index in [0.29, 0.717) is 17.3 Å². The predicted octanol–water partition coefficient (Wildman–Crippen LogP) is 7.53. The normalized spacial score (nSPS) is 17.1. The minimum absolute atomic E-state index is 0.0406. The SMILES string of the molecule is CCC(C)(C)CC(c1ccc(OCC(=O)OC(C)(C)C2CCCC2)cc1)C(C)(C)C. The molecule has 1 fully saturated rings. The molecule has 1 aromatic rings. The van der Waals surface area contributed by atoms with Crippen molar-refractivity contribution in [1.82, 2.24) is 0 Å². The van der Waals surface area contributed by atoms with Crippen LogP contribution in [0.4, 0.5) is 0 Å². The zero-order valence-electron chi connectivity index (χ0n) is 20.6. The monoisotopic (exact) mass is 416 g/mol. The second kappa shape index (κ2) is 9.75. The van der Waals surface area contributed by atoms with Gasteiger partial charge >= 0.3 is 5.97 Å². The van der Waals surface area contributed by atoms with Crippen LogP contribution in [-0.2, 0) is 9.53 Å². The van der Waals surface area contributed by atoms with Gasteiger partial charge < -0.3 is 9.47 Å². The molecule has 0 aromatic heterocycles. The maximum absolute atomic E-state index is 12.3. The highest BCUT2D eigenvalue weighted by molar-refractivity contribution is 5.71. The van der Waals surface area contributed by atoms with Crippen LogP contribution in [0.2, 0.25) is 0 Å². The van der Waals surface area contributed by atoms with E-state index >= 15 is 0 Å². The summed E-state index contributed by atoms with van der Waals surface area (Å²) in [4.78, 5) is 12.3. The van der Waals surface area contributed by atoms with E-state index in [4.69, 9.17) is 9.47 Å². The lowest BCUT2D eigenvalue weighted by molar-refractivity contribution is -0.163. The number of esters is 1. The van der Waals surface area contributed by atoms with Gasteiger partial charge in [0.2, 0.25) is 0 Å². The number of benzene rings is 1. The lowest BCUT2D eigenvalue weighted by atomic mass is 9.68. The number of hydrogen-bond donors (Lipinski definition) is 0. The molecule has 1 aliphatic carbocycles. The Balaban J connectivity index is 1.96. The van der Waals surface area contributed by atoms with E-state index in [0.717, 1.165) is 25.0 Å². The van der Waals surface area contributed by atoms with Crippen molar-refractivity contribution in [3.8, 4) is 5.75 Å². The Morgan fingerprint density at radius 2 is 1.57 bits per heavy atom. The second-order valence-electron chi connectivity index (χ2n) is 11.6. The van der Waals surface area contributed by atoms with Crippen LogP contribution in [-0.4, -0.2) is 18.2 Å². The van der Waals surface area contributed by atoms with Crippen LogP contribution in [0.3, 0.4) is 0 Å². The summed E-state index contributed by atoms with van der Waals surface area (Å²) in [7, 11) is 0. The summed E-state index contributed by atoms with van der Waals surface area (Å²) in [5.74, 6) is 1.37. The van der Waals surface area contributed by atoms with Crippen LogP contribution in [0.5, 0.6) is 5.75 Å². The molecule has 0 N–H and O–H groups in total.